The molecule has 5 aromatic rings. The number of hydrogen-bond acceptors (Lipinski definition) is 14. The number of pyridine rings is 1. The second-order valence-electron chi connectivity index (χ2n) is 21.5. The van der Waals surface area contributed by atoms with Gasteiger partial charge in [0.1, 0.15) is 35.2 Å². The summed E-state index contributed by atoms with van der Waals surface area (Å²) in [6.07, 6.45) is 18.9. The molecule has 5 saturated heterocycles. The molecule has 5 unspecified atom stereocenters. The minimum atomic E-state index is -0.733. The molecule has 0 saturated carbocycles. The van der Waals surface area contributed by atoms with Crippen LogP contribution in [0.15, 0.2) is 73.5 Å². The Labute approximate surface area is 459 Å². The second-order valence-corrected chi connectivity index (χ2v) is 21.5. The topological polar surface area (TPSA) is 195 Å². The number of terminal acetylenes is 1. The predicted molar refractivity (Wildman–Crippen MR) is 300 cm³/mol. The average molecular weight is 1080 g/mol. The number of phenolic OH excluding ortho intramolecular Hbond substituents is 1. The van der Waals surface area contributed by atoms with Crippen molar-refractivity contribution in [1.82, 2.24) is 40.3 Å². The molecule has 416 valence electrons. The number of likely N-dealkylation sites (tertiary alicyclic amines) is 1. The number of aromatic nitrogens is 3. The molecule has 5 fully saturated rings. The summed E-state index contributed by atoms with van der Waals surface area (Å²) in [5, 5.41) is 21.3. The first kappa shape index (κ1) is 56.2. The number of piperazine rings is 1. The van der Waals surface area contributed by atoms with Crippen LogP contribution in [-0.2, 0) is 14.3 Å². The Morgan fingerprint density at radius 3 is 2.56 bits per heavy atom. The number of nitrogens with zero attached hydrogens (tertiary/aromatic N) is 7. The molecule has 0 aliphatic carbocycles. The number of carbonyl (C=O) groups is 4. The first-order valence-corrected chi connectivity index (χ1v) is 27.2. The van der Waals surface area contributed by atoms with Gasteiger partial charge in [-0.25, -0.2) is 8.78 Å². The molecule has 7 heterocycles. The fraction of sp³-hybridized carbons (Fsp3) is 0.450. The van der Waals surface area contributed by atoms with E-state index in [1.807, 2.05) is 0 Å². The van der Waals surface area contributed by atoms with Gasteiger partial charge < -0.3 is 45.2 Å². The molecule has 3 aromatic carbocycles. The number of carbonyl (C=O) groups excluding carboxylic acids is 4. The number of anilines is 2. The highest BCUT2D eigenvalue weighted by atomic mass is 19.1. The van der Waals surface area contributed by atoms with Gasteiger partial charge in [-0.3, -0.25) is 29.1 Å². The summed E-state index contributed by atoms with van der Waals surface area (Å²) in [5.74, 6) is 1.59. The summed E-state index contributed by atoms with van der Waals surface area (Å²) in [6, 6.07) is 11.4. The van der Waals surface area contributed by atoms with E-state index in [1.54, 1.807) is 56.6 Å². The number of hydrogen-bond donors (Lipinski definition) is 4. The van der Waals surface area contributed by atoms with Crippen molar-refractivity contribution in [3.05, 3.63) is 102 Å². The zero-order chi connectivity index (χ0) is 56.0. The lowest BCUT2D eigenvalue weighted by Crippen LogP contribution is -2.51. The highest BCUT2D eigenvalue weighted by molar-refractivity contribution is 6.06. The molecular weight excluding hydrogens is 1010 g/mol. The molecule has 2 bridgehead atoms. The first-order chi connectivity index (χ1) is 38.2. The van der Waals surface area contributed by atoms with Crippen LogP contribution < -0.4 is 25.6 Å². The molecule has 4 N–H and O–H groups in total. The van der Waals surface area contributed by atoms with Crippen molar-refractivity contribution in [2.75, 3.05) is 83.9 Å². The van der Waals surface area contributed by atoms with Gasteiger partial charge in [0.05, 0.1) is 34.7 Å². The number of phenols is 1. The number of nitrogens with one attached hydrogen (secondary N) is 3. The highest BCUT2D eigenvalue weighted by Gasteiger charge is 2.51. The van der Waals surface area contributed by atoms with E-state index < -0.39 is 11.6 Å². The molecule has 79 heavy (non-hydrogen) atoms. The maximum Gasteiger partial charge on any atom is 0.319 e. The summed E-state index contributed by atoms with van der Waals surface area (Å²) in [5.41, 5.74) is 2.21. The molecule has 10 rings (SSSR count). The van der Waals surface area contributed by atoms with E-state index in [1.165, 1.54) is 29.2 Å². The summed E-state index contributed by atoms with van der Waals surface area (Å²) >= 11 is 0. The third-order valence-corrected chi connectivity index (χ3v) is 16.5. The molecule has 5 aliphatic rings. The zero-order valence-corrected chi connectivity index (χ0v) is 45.2. The molecule has 0 radical (unpaired) electrons. The number of amides is 3. The SMILES string of the molecule is C#Cc1c(F)ccc2cc(O)cc(-c3ncc4c(N5CC6CCC(C5)N6)nc(OCC56CCC(COC)N5CC(=C)C6)nc4c3F)c12.C=CC(CCC(=O)NC)N(C)C(=O)c1c(C=O)cccc1NCCC1CCN(C=O)CC1. The van der Waals surface area contributed by atoms with Crippen LogP contribution in [-0.4, -0.2) is 163 Å². The number of fused-ring (bicyclic) bond motifs is 5. The van der Waals surface area contributed by atoms with E-state index in [0.717, 1.165) is 83.0 Å². The third-order valence-electron chi connectivity index (χ3n) is 16.5. The van der Waals surface area contributed by atoms with Gasteiger partial charge in [-0.1, -0.05) is 42.3 Å². The number of aromatic hydroxyl groups is 1. The van der Waals surface area contributed by atoms with E-state index in [0.29, 0.717) is 97.0 Å². The van der Waals surface area contributed by atoms with Crippen molar-refractivity contribution in [2.24, 2.45) is 5.92 Å². The number of aldehydes is 1. The molecule has 5 atom stereocenters. The fourth-order valence-electron chi connectivity index (χ4n) is 12.4. The molecule has 5 aliphatic heterocycles. The molecule has 17 nitrogen and oxygen atoms in total. The smallest absolute Gasteiger partial charge is 0.319 e. The molecule has 19 heteroatoms. The number of piperidine rings is 1. The minimum absolute atomic E-state index is 0.0323. The molecule has 2 aromatic heterocycles. The number of methoxy groups -OCH3 is 1. The Hall–Kier alpha value is -7.53. The number of ether oxygens (including phenoxy) is 2. The van der Waals surface area contributed by atoms with Crippen molar-refractivity contribution in [1.29, 1.82) is 0 Å². The van der Waals surface area contributed by atoms with Crippen LogP contribution in [0.2, 0.25) is 0 Å². The molecule has 0 spiro atoms. The van der Waals surface area contributed by atoms with Gasteiger partial charge in [0.2, 0.25) is 12.3 Å². The Kier molecular flexibility index (Phi) is 17.5. The Balaban J connectivity index is 0.000000208. The van der Waals surface area contributed by atoms with Crippen LogP contribution in [0, 0.1) is 29.9 Å². The number of halogens is 2. The van der Waals surface area contributed by atoms with Crippen molar-refractivity contribution in [3.63, 3.8) is 0 Å². The van der Waals surface area contributed by atoms with Crippen LogP contribution in [0.25, 0.3) is 32.9 Å². The summed E-state index contributed by atoms with van der Waals surface area (Å²) in [4.78, 5) is 69.5. The largest absolute Gasteiger partial charge is 0.508 e. The van der Waals surface area contributed by atoms with Crippen molar-refractivity contribution >= 4 is 57.7 Å². The van der Waals surface area contributed by atoms with Crippen LogP contribution >= 0.6 is 0 Å². The zero-order valence-electron chi connectivity index (χ0n) is 45.2. The minimum Gasteiger partial charge on any atom is -0.508 e. The summed E-state index contributed by atoms with van der Waals surface area (Å²) < 4.78 is 43.7. The lowest BCUT2D eigenvalue weighted by Gasteiger charge is -2.35. The van der Waals surface area contributed by atoms with Gasteiger partial charge in [-0.2, -0.15) is 9.97 Å². The van der Waals surface area contributed by atoms with E-state index in [-0.39, 0.29) is 75.3 Å². The van der Waals surface area contributed by atoms with E-state index in [2.05, 4.69) is 54.8 Å². The summed E-state index contributed by atoms with van der Waals surface area (Å²) in [7, 11) is 4.95. The van der Waals surface area contributed by atoms with E-state index in [9.17, 15) is 28.7 Å². The van der Waals surface area contributed by atoms with Crippen LogP contribution in [0.4, 0.5) is 20.3 Å². The average Bonchev–Trinajstić information content (AvgIpc) is 4.28. The van der Waals surface area contributed by atoms with E-state index in [4.69, 9.17) is 20.9 Å². The normalized spacial score (nSPS) is 21.2. The maximum atomic E-state index is 16.9. The number of rotatable bonds is 19. The van der Waals surface area contributed by atoms with Gasteiger partial charge in [0, 0.05) is 113 Å². The first-order valence-electron chi connectivity index (χ1n) is 27.2. The van der Waals surface area contributed by atoms with Crippen LogP contribution in [0.3, 0.4) is 0 Å². The maximum absolute atomic E-state index is 16.9. The Morgan fingerprint density at radius 1 is 1.09 bits per heavy atom. The fourth-order valence-corrected chi connectivity index (χ4v) is 12.4. The van der Waals surface area contributed by atoms with Gasteiger partial charge in [0.25, 0.3) is 5.91 Å². The predicted octanol–water partition coefficient (Wildman–Crippen LogP) is 7.26. The van der Waals surface area contributed by atoms with Crippen molar-refractivity contribution in [2.45, 2.75) is 93.9 Å². The van der Waals surface area contributed by atoms with Crippen molar-refractivity contribution in [3.8, 4) is 35.4 Å². The summed E-state index contributed by atoms with van der Waals surface area (Å²) in [6.45, 7) is 13.5. The highest BCUT2D eigenvalue weighted by Crippen LogP contribution is 2.45. The van der Waals surface area contributed by atoms with Crippen LogP contribution in [0.5, 0.6) is 11.8 Å². The van der Waals surface area contributed by atoms with E-state index >= 15 is 4.39 Å². The molecule has 3 amide bonds. The van der Waals surface area contributed by atoms with Gasteiger partial charge in [-0.05, 0) is 93.4 Å². The lowest BCUT2D eigenvalue weighted by molar-refractivity contribution is -0.121. The van der Waals surface area contributed by atoms with Gasteiger partial charge in [0.15, 0.2) is 12.1 Å². The Bertz CT molecular complexity index is 3170. The number of benzene rings is 3. The quantitative estimate of drug-likeness (QED) is 0.0367. The van der Waals surface area contributed by atoms with Gasteiger partial charge >= 0.3 is 6.01 Å². The lowest BCUT2D eigenvalue weighted by atomic mass is 9.93. The standard InChI is InChI=1S/C36H36F2N6O3.C24H34N4O4/c1-4-26-29(37)8-5-21-11-25(45)12-27(30(21)26)32-31(38)33-28(14-39-32)34(43-16-22-6-7-23(17-43)40-22)42-35(41-33)47-19-36-10-9-24(18-46-3)44(36)15-20(2)13-36;1-4-20(8-9-22(31)25-2)27(3)24(32)23-19(16-29)6-5-7-21(23)26-13-10-18-11-14-28(17-30)15-12-18/h1,5,8,11-12,14,22-24,40,45H,2,6-7,9-10,13,15-19H2,3H3;4-7,16-18,20,26H,1,8-15H2,2-3H3,(H,25,31). The molecular formula is C60H70F2N10O7. The van der Waals surface area contributed by atoms with Gasteiger partial charge in [-0.15, -0.1) is 13.0 Å². The second kappa shape index (κ2) is 24.6. The third kappa shape index (κ3) is 11.9. The van der Waals surface area contributed by atoms with Crippen LogP contribution in [0.1, 0.15) is 90.5 Å². The Morgan fingerprint density at radius 2 is 1.86 bits per heavy atom. The number of likely N-dealkylation sites (N-methyl/N-ethyl adjacent to an activating group) is 1. The monoisotopic (exact) mass is 1080 g/mol. The van der Waals surface area contributed by atoms with Crippen molar-refractivity contribution < 1.29 is 42.5 Å².